The van der Waals surface area contributed by atoms with Crippen molar-refractivity contribution in [1.29, 1.82) is 0 Å². The molecule has 1 saturated heterocycles. The highest BCUT2D eigenvalue weighted by molar-refractivity contribution is 5.75. The fraction of sp³-hybridized carbons (Fsp3) is 0.960. The fourth-order valence-electron chi connectivity index (χ4n) is 4.28. The van der Waals surface area contributed by atoms with E-state index >= 15 is 0 Å². The molecule has 0 atom stereocenters. The summed E-state index contributed by atoms with van der Waals surface area (Å²) in [4.78, 5) is 14.4. The lowest BCUT2D eigenvalue weighted by atomic mass is 10.0. The predicted molar refractivity (Wildman–Crippen MR) is 123 cm³/mol. The second kappa shape index (κ2) is 19.7. The minimum atomic E-state index is 0.256. The van der Waals surface area contributed by atoms with E-state index in [0.717, 1.165) is 25.9 Å². The summed E-state index contributed by atoms with van der Waals surface area (Å²) in [6.45, 7) is 6.58. The lowest BCUT2D eigenvalue weighted by Crippen LogP contribution is -2.37. The Morgan fingerprint density at radius 2 is 1.14 bits per heavy atom. The van der Waals surface area contributed by atoms with Crippen LogP contribution in [-0.4, -0.2) is 37.0 Å². The van der Waals surface area contributed by atoms with Crippen LogP contribution in [0.2, 0.25) is 0 Å². The molecule has 0 bridgehead atoms. The quantitative estimate of drug-likeness (QED) is 0.243. The van der Waals surface area contributed by atoms with E-state index in [-0.39, 0.29) is 5.91 Å². The first-order valence-electron chi connectivity index (χ1n) is 12.8. The van der Waals surface area contributed by atoms with Crippen LogP contribution in [0.3, 0.4) is 0 Å². The van der Waals surface area contributed by atoms with Gasteiger partial charge in [0.2, 0.25) is 5.91 Å². The molecule has 0 radical (unpaired) electrons. The Bertz CT molecular complexity index is 339. The maximum Gasteiger partial charge on any atom is 0.220 e. The SMILES string of the molecule is CCCCCCCCCCCCCCCCCC(=O)NCCN1CCCCC1. The Labute approximate surface area is 176 Å². The van der Waals surface area contributed by atoms with Crippen LogP contribution in [-0.2, 0) is 4.79 Å². The maximum absolute atomic E-state index is 11.9. The van der Waals surface area contributed by atoms with Gasteiger partial charge in [0.1, 0.15) is 0 Å². The third kappa shape index (κ3) is 16.4. The van der Waals surface area contributed by atoms with Crippen LogP contribution >= 0.6 is 0 Å². The Balaban J connectivity index is 1.72. The molecule has 0 saturated carbocycles. The number of carbonyl (C=O) groups excluding carboxylic acids is 1. The summed E-state index contributed by atoms with van der Waals surface area (Å²) in [6.07, 6.45) is 25.4. The van der Waals surface area contributed by atoms with Crippen LogP contribution in [0.1, 0.15) is 129 Å². The van der Waals surface area contributed by atoms with Gasteiger partial charge in [-0.2, -0.15) is 0 Å². The zero-order chi connectivity index (χ0) is 20.1. The number of carbonyl (C=O) groups is 1. The van der Waals surface area contributed by atoms with E-state index in [2.05, 4.69) is 17.1 Å². The fourth-order valence-corrected chi connectivity index (χ4v) is 4.28. The second-order valence-electron chi connectivity index (χ2n) is 8.95. The molecule has 1 fully saturated rings. The molecule has 1 N–H and O–H groups in total. The number of rotatable bonds is 19. The van der Waals surface area contributed by atoms with Gasteiger partial charge in [-0.25, -0.2) is 0 Å². The third-order valence-corrected chi connectivity index (χ3v) is 6.21. The average molecular weight is 395 g/mol. The van der Waals surface area contributed by atoms with Gasteiger partial charge in [-0.3, -0.25) is 4.79 Å². The monoisotopic (exact) mass is 394 g/mol. The van der Waals surface area contributed by atoms with Crippen molar-refractivity contribution in [1.82, 2.24) is 10.2 Å². The molecule has 1 amide bonds. The van der Waals surface area contributed by atoms with Crippen LogP contribution in [0.25, 0.3) is 0 Å². The van der Waals surface area contributed by atoms with Crippen LogP contribution in [0.5, 0.6) is 0 Å². The molecule has 0 aromatic heterocycles. The summed E-state index contributed by atoms with van der Waals surface area (Å²) in [6, 6.07) is 0. The summed E-state index contributed by atoms with van der Waals surface area (Å²) >= 11 is 0. The first-order valence-corrected chi connectivity index (χ1v) is 12.8. The minimum absolute atomic E-state index is 0.256. The van der Waals surface area contributed by atoms with Crippen molar-refractivity contribution in [2.45, 2.75) is 129 Å². The summed E-state index contributed by atoms with van der Waals surface area (Å²) in [5, 5.41) is 3.10. The number of nitrogens with one attached hydrogen (secondary N) is 1. The van der Waals surface area contributed by atoms with Gasteiger partial charge in [0.05, 0.1) is 0 Å². The predicted octanol–water partition coefficient (Wildman–Crippen LogP) is 6.85. The van der Waals surface area contributed by atoms with E-state index in [4.69, 9.17) is 0 Å². The van der Waals surface area contributed by atoms with E-state index in [9.17, 15) is 4.79 Å². The molecule has 1 rings (SSSR count). The highest BCUT2D eigenvalue weighted by Gasteiger charge is 2.09. The van der Waals surface area contributed by atoms with Crippen molar-refractivity contribution in [3.05, 3.63) is 0 Å². The third-order valence-electron chi connectivity index (χ3n) is 6.21. The summed E-state index contributed by atoms with van der Waals surface area (Å²) in [5.74, 6) is 0.256. The van der Waals surface area contributed by atoms with Gasteiger partial charge in [0.25, 0.3) is 0 Å². The van der Waals surface area contributed by atoms with Crippen molar-refractivity contribution in [3.63, 3.8) is 0 Å². The number of piperidine rings is 1. The Morgan fingerprint density at radius 3 is 1.64 bits per heavy atom. The largest absolute Gasteiger partial charge is 0.355 e. The molecule has 0 unspecified atom stereocenters. The number of unbranched alkanes of at least 4 members (excludes halogenated alkanes) is 14. The smallest absolute Gasteiger partial charge is 0.220 e. The molecule has 0 aliphatic carbocycles. The lowest BCUT2D eigenvalue weighted by Gasteiger charge is -2.26. The number of likely N-dealkylation sites (tertiary alicyclic amines) is 1. The first kappa shape index (κ1) is 25.5. The van der Waals surface area contributed by atoms with Crippen LogP contribution in [0.4, 0.5) is 0 Å². The molecule has 166 valence electrons. The zero-order valence-electron chi connectivity index (χ0n) is 19.1. The number of hydrogen-bond acceptors (Lipinski definition) is 2. The Hall–Kier alpha value is -0.570. The van der Waals surface area contributed by atoms with Crippen molar-refractivity contribution in [2.24, 2.45) is 0 Å². The molecule has 0 aromatic carbocycles. The molecule has 0 spiro atoms. The van der Waals surface area contributed by atoms with E-state index in [0.29, 0.717) is 0 Å². The van der Waals surface area contributed by atoms with E-state index < -0.39 is 0 Å². The molecule has 28 heavy (non-hydrogen) atoms. The van der Waals surface area contributed by atoms with Gasteiger partial charge in [-0.1, -0.05) is 103 Å². The molecule has 0 aromatic rings. The molecular formula is C25H50N2O. The minimum Gasteiger partial charge on any atom is -0.355 e. The molecular weight excluding hydrogens is 344 g/mol. The van der Waals surface area contributed by atoms with Gasteiger partial charge in [-0.05, 0) is 32.4 Å². The van der Waals surface area contributed by atoms with Crippen LogP contribution in [0.15, 0.2) is 0 Å². The Kier molecular flexibility index (Phi) is 17.9. The second-order valence-corrected chi connectivity index (χ2v) is 8.95. The van der Waals surface area contributed by atoms with E-state index in [1.54, 1.807) is 0 Å². The molecule has 3 nitrogen and oxygen atoms in total. The van der Waals surface area contributed by atoms with Gasteiger partial charge in [-0.15, -0.1) is 0 Å². The van der Waals surface area contributed by atoms with Gasteiger partial charge in [0, 0.05) is 19.5 Å². The topological polar surface area (TPSA) is 32.3 Å². The van der Waals surface area contributed by atoms with E-state index in [1.807, 2.05) is 0 Å². The van der Waals surface area contributed by atoms with Crippen molar-refractivity contribution < 1.29 is 4.79 Å². The zero-order valence-corrected chi connectivity index (χ0v) is 19.1. The van der Waals surface area contributed by atoms with Crippen LogP contribution in [0, 0.1) is 0 Å². The van der Waals surface area contributed by atoms with Crippen LogP contribution < -0.4 is 5.32 Å². The number of hydrogen-bond donors (Lipinski definition) is 1. The summed E-state index contributed by atoms with van der Waals surface area (Å²) in [5.41, 5.74) is 0. The standard InChI is InChI=1S/C25H50N2O/c1-2-3-4-5-6-7-8-9-10-11-12-13-14-15-17-20-25(28)26-21-24-27-22-18-16-19-23-27/h2-24H2,1H3,(H,26,28). The lowest BCUT2D eigenvalue weighted by molar-refractivity contribution is -0.121. The number of nitrogens with zero attached hydrogens (tertiary/aromatic N) is 1. The highest BCUT2D eigenvalue weighted by Crippen LogP contribution is 2.13. The Morgan fingerprint density at radius 1 is 0.679 bits per heavy atom. The molecule has 1 aliphatic rings. The average Bonchev–Trinajstić information content (AvgIpc) is 2.71. The summed E-state index contributed by atoms with van der Waals surface area (Å²) < 4.78 is 0. The van der Waals surface area contributed by atoms with Crippen molar-refractivity contribution in [2.75, 3.05) is 26.2 Å². The molecule has 1 aliphatic heterocycles. The van der Waals surface area contributed by atoms with Gasteiger partial charge < -0.3 is 10.2 Å². The van der Waals surface area contributed by atoms with Crippen molar-refractivity contribution >= 4 is 5.91 Å². The first-order chi connectivity index (χ1) is 13.8. The van der Waals surface area contributed by atoms with Gasteiger partial charge in [0.15, 0.2) is 0 Å². The summed E-state index contributed by atoms with van der Waals surface area (Å²) in [7, 11) is 0. The molecule has 3 heteroatoms. The maximum atomic E-state index is 11.9. The van der Waals surface area contributed by atoms with Gasteiger partial charge >= 0.3 is 0 Å². The highest BCUT2D eigenvalue weighted by atomic mass is 16.1. The normalized spacial score (nSPS) is 15.0. The van der Waals surface area contributed by atoms with Crippen molar-refractivity contribution in [3.8, 4) is 0 Å². The molecule has 1 heterocycles. The number of amides is 1. The van der Waals surface area contributed by atoms with E-state index in [1.165, 1.54) is 122 Å².